The van der Waals surface area contributed by atoms with Crippen LogP contribution in [0.2, 0.25) is 0 Å². The molecule has 0 N–H and O–H groups in total. The van der Waals surface area contributed by atoms with E-state index in [1.807, 2.05) is 0 Å². The van der Waals surface area contributed by atoms with Gasteiger partial charge >= 0.3 is 0 Å². The van der Waals surface area contributed by atoms with Crippen molar-refractivity contribution in [3.63, 3.8) is 0 Å². The molecule has 1 heterocycles. The lowest BCUT2D eigenvalue weighted by Gasteiger charge is -2.10. The second-order valence-corrected chi connectivity index (χ2v) is 5.72. The molecule has 86 valence electrons. The van der Waals surface area contributed by atoms with Crippen LogP contribution in [0.1, 0.15) is 11.1 Å². The highest BCUT2D eigenvalue weighted by Gasteiger charge is 2.27. The molecule has 0 aliphatic carbocycles. The Hall–Kier alpha value is -1.47. The Morgan fingerprint density at radius 2 is 1.94 bits per heavy atom. The number of benzene rings is 1. The molecule has 0 saturated heterocycles. The third kappa shape index (κ3) is 1.91. The van der Waals surface area contributed by atoms with Crippen LogP contribution in [0.5, 0.6) is 0 Å². The summed E-state index contributed by atoms with van der Waals surface area (Å²) >= 11 is 0. The van der Waals surface area contributed by atoms with Crippen LogP contribution in [0, 0.1) is 10.1 Å². The molecular formula is C9H10N2O4S. The molecule has 6 nitrogen and oxygen atoms in total. The number of rotatable bonds is 2. The Bertz CT molecular complexity index is 553. The molecule has 0 aromatic heterocycles. The molecule has 1 aromatic carbocycles. The zero-order valence-electron chi connectivity index (χ0n) is 8.58. The number of hydrogen-bond donors (Lipinski definition) is 0. The Morgan fingerprint density at radius 3 is 2.50 bits per heavy atom. The first-order chi connectivity index (χ1) is 7.38. The van der Waals surface area contributed by atoms with Crippen molar-refractivity contribution >= 4 is 15.7 Å². The van der Waals surface area contributed by atoms with Crippen molar-refractivity contribution in [2.75, 3.05) is 6.26 Å². The quantitative estimate of drug-likeness (QED) is 0.569. The lowest BCUT2D eigenvalue weighted by Crippen LogP contribution is -2.23. The summed E-state index contributed by atoms with van der Waals surface area (Å²) in [6, 6.07) is 4.43. The molecule has 0 atom stereocenters. The zero-order valence-corrected chi connectivity index (χ0v) is 9.40. The molecule has 0 spiro atoms. The number of nitro groups is 1. The van der Waals surface area contributed by atoms with Crippen LogP contribution in [0.3, 0.4) is 0 Å². The first kappa shape index (κ1) is 11.0. The summed E-state index contributed by atoms with van der Waals surface area (Å²) < 4.78 is 23.9. The number of hydrogen-bond acceptors (Lipinski definition) is 4. The molecule has 0 bridgehead atoms. The fourth-order valence-corrected chi connectivity index (χ4v) is 2.44. The molecule has 16 heavy (non-hydrogen) atoms. The van der Waals surface area contributed by atoms with E-state index < -0.39 is 14.9 Å². The van der Waals surface area contributed by atoms with Crippen LogP contribution in [-0.2, 0) is 23.1 Å². The van der Waals surface area contributed by atoms with Crippen LogP contribution in [-0.4, -0.2) is 23.9 Å². The number of nitrogens with zero attached hydrogens (tertiary/aromatic N) is 2. The summed E-state index contributed by atoms with van der Waals surface area (Å²) in [4.78, 5) is 10.1. The van der Waals surface area contributed by atoms with Crippen molar-refractivity contribution in [2.24, 2.45) is 0 Å². The molecule has 1 aromatic rings. The van der Waals surface area contributed by atoms with Crippen LogP contribution < -0.4 is 0 Å². The number of nitro benzene ring substituents is 1. The van der Waals surface area contributed by atoms with Gasteiger partial charge in [-0.15, -0.1) is 0 Å². The predicted molar refractivity (Wildman–Crippen MR) is 57.2 cm³/mol. The molecule has 0 fully saturated rings. The third-order valence-corrected chi connectivity index (χ3v) is 3.76. The first-order valence-electron chi connectivity index (χ1n) is 4.59. The average Bonchev–Trinajstić information content (AvgIpc) is 2.58. The van der Waals surface area contributed by atoms with Crippen molar-refractivity contribution < 1.29 is 13.3 Å². The minimum Gasteiger partial charge on any atom is -0.258 e. The van der Waals surface area contributed by atoms with E-state index in [0.29, 0.717) is 12.1 Å². The number of fused-ring (bicyclic) bond motifs is 1. The number of non-ortho nitro benzene ring substituents is 1. The maximum absolute atomic E-state index is 11.3. The van der Waals surface area contributed by atoms with Gasteiger partial charge in [0.25, 0.3) is 5.69 Å². The normalized spacial score (nSPS) is 16.1. The Balaban J connectivity index is 2.35. The van der Waals surface area contributed by atoms with Crippen LogP contribution in [0.25, 0.3) is 0 Å². The highest BCUT2D eigenvalue weighted by molar-refractivity contribution is 7.88. The van der Waals surface area contributed by atoms with Gasteiger partial charge in [-0.1, -0.05) is 6.07 Å². The highest BCUT2D eigenvalue weighted by Crippen LogP contribution is 2.27. The van der Waals surface area contributed by atoms with Crippen LogP contribution in [0.15, 0.2) is 18.2 Å². The summed E-state index contributed by atoms with van der Waals surface area (Å²) in [6.45, 7) is 0.516. The van der Waals surface area contributed by atoms with E-state index in [9.17, 15) is 18.5 Å². The van der Waals surface area contributed by atoms with Gasteiger partial charge in [0, 0.05) is 25.2 Å². The number of sulfonamides is 1. The molecule has 7 heteroatoms. The Morgan fingerprint density at radius 1 is 1.31 bits per heavy atom. The third-order valence-electron chi connectivity index (χ3n) is 2.56. The maximum atomic E-state index is 11.3. The lowest BCUT2D eigenvalue weighted by atomic mass is 10.1. The van der Waals surface area contributed by atoms with Crippen molar-refractivity contribution in [1.82, 2.24) is 4.31 Å². The van der Waals surface area contributed by atoms with Crippen LogP contribution in [0.4, 0.5) is 5.69 Å². The molecule has 0 amide bonds. The highest BCUT2D eigenvalue weighted by atomic mass is 32.2. The van der Waals surface area contributed by atoms with Gasteiger partial charge in [-0.3, -0.25) is 10.1 Å². The zero-order chi connectivity index (χ0) is 11.9. The molecular weight excluding hydrogens is 232 g/mol. The molecule has 1 aliphatic rings. The minimum absolute atomic E-state index is 0.00546. The minimum atomic E-state index is -3.24. The van der Waals surface area contributed by atoms with E-state index in [4.69, 9.17) is 0 Å². The fourth-order valence-electron chi connectivity index (χ4n) is 1.70. The van der Waals surface area contributed by atoms with E-state index in [1.165, 1.54) is 16.4 Å². The van der Waals surface area contributed by atoms with E-state index in [1.54, 1.807) is 6.07 Å². The van der Waals surface area contributed by atoms with Gasteiger partial charge in [-0.2, -0.15) is 4.31 Å². The average molecular weight is 242 g/mol. The Kier molecular flexibility index (Phi) is 2.43. The molecule has 0 radical (unpaired) electrons. The first-order valence-corrected chi connectivity index (χ1v) is 6.44. The molecule has 2 rings (SSSR count). The summed E-state index contributed by atoms with van der Waals surface area (Å²) in [5.74, 6) is 0. The van der Waals surface area contributed by atoms with Crippen molar-refractivity contribution in [1.29, 1.82) is 0 Å². The second kappa shape index (κ2) is 3.53. The lowest BCUT2D eigenvalue weighted by molar-refractivity contribution is -0.384. The molecule has 1 aliphatic heterocycles. The maximum Gasteiger partial charge on any atom is 0.269 e. The summed E-state index contributed by atoms with van der Waals surface area (Å²) in [6.07, 6.45) is 1.13. The van der Waals surface area contributed by atoms with E-state index in [2.05, 4.69) is 0 Å². The fraction of sp³-hybridized carbons (Fsp3) is 0.333. The summed E-state index contributed by atoms with van der Waals surface area (Å²) in [5, 5.41) is 10.6. The monoisotopic (exact) mass is 242 g/mol. The van der Waals surface area contributed by atoms with Gasteiger partial charge in [0.15, 0.2) is 0 Å². The van der Waals surface area contributed by atoms with Gasteiger partial charge in [-0.05, 0) is 11.1 Å². The SMILES string of the molecule is CS(=O)(=O)N1Cc2ccc([N+](=O)[O-])cc2C1. The summed E-state index contributed by atoms with van der Waals surface area (Å²) in [5.41, 5.74) is 1.53. The van der Waals surface area contributed by atoms with E-state index in [-0.39, 0.29) is 12.2 Å². The van der Waals surface area contributed by atoms with Crippen molar-refractivity contribution in [2.45, 2.75) is 13.1 Å². The topological polar surface area (TPSA) is 80.5 Å². The van der Waals surface area contributed by atoms with Gasteiger partial charge in [0.1, 0.15) is 0 Å². The smallest absolute Gasteiger partial charge is 0.258 e. The largest absolute Gasteiger partial charge is 0.269 e. The van der Waals surface area contributed by atoms with Crippen molar-refractivity contribution in [3.8, 4) is 0 Å². The van der Waals surface area contributed by atoms with Gasteiger partial charge < -0.3 is 0 Å². The summed E-state index contributed by atoms with van der Waals surface area (Å²) in [7, 11) is -3.24. The second-order valence-electron chi connectivity index (χ2n) is 3.74. The molecule has 0 unspecified atom stereocenters. The molecule has 0 saturated carbocycles. The standard InChI is InChI=1S/C9H10N2O4S/c1-16(14,15)10-5-7-2-3-9(11(12)13)4-8(7)6-10/h2-4H,5-6H2,1H3. The van der Waals surface area contributed by atoms with E-state index in [0.717, 1.165) is 11.8 Å². The van der Waals surface area contributed by atoms with Gasteiger partial charge in [0.2, 0.25) is 10.0 Å². The van der Waals surface area contributed by atoms with Crippen molar-refractivity contribution in [3.05, 3.63) is 39.4 Å². The van der Waals surface area contributed by atoms with Gasteiger partial charge in [-0.25, -0.2) is 8.42 Å². The van der Waals surface area contributed by atoms with Crippen LogP contribution >= 0.6 is 0 Å². The Labute approximate surface area is 92.7 Å². The van der Waals surface area contributed by atoms with E-state index >= 15 is 0 Å². The van der Waals surface area contributed by atoms with Gasteiger partial charge in [0.05, 0.1) is 11.2 Å². The predicted octanol–water partition coefficient (Wildman–Crippen LogP) is 0.870.